The first-order valence-corrected chi connectivity index (χ1v) is 7.17. The molecule has 1 N–H and O–H groups in total. The minimum absolute atomic E-state index is 0.262. The van der Waals surface area contributed by atoms with E-state index in [1.165, 1.54) is 0 Å². The maximum Gasteiger partial charge on any atom is 0.182 e. The lowest BCUT2D eigenvalue weighted by molar-refractivity contribution is 0.496. The Morgan fingerprint density at radius 1 is 1.31 bits per heavy atom. The van der Waals surface area contributed by atoms with Gasteiger partial charge in [-0.05, 0) is 37.9 Å². The summed E-state index contributed by atoms with van der Waals surface area (Å²) in [5.41, 5.74) is 0.841. The molecule has 0 amide bonds. The van der Waals surface area contributed by atoms with Crippen LogP contribution in [0.2, 0.25) is 0 Å². The van der Waals surface area contributed by atoms with Crippen molar-refractivity contribution < 1.29 is 8.42 Å². The Hall–Kier alpha value is -0.870. The molecule has 1 saturated heterocycles. The Balaban J connectivity index is 2.35. The van der Waals surface area contributed by atoms with Crippen LogP contribution in [0.15, 0.2) is 29.2 Å². The first-order chi connectivity index (χ1) is 7.62. The fraction of sp³-hybridized carbons (Fsp3) is 0.500. The summed E-state index contributed by atoms with van der Waals surface area (Å²) in [5.74, 6) is 0. The molecule has 1 heterocycles. The first kappa shape index (κ1) is 11.6. The largest absolute Gasteiger partial charge is 0.315 e. The van der Waals surface area contributed by atoms with Crippen LogP contribution in [0.5, 0.6) is 0 Å². The van der Waals surface area contributed by atoms with Crippen molar-refractivity contribution >= 4 is 9.84 Å². The maximum absolute atomic E-state index is 12.4. The van der Waals surface area contributed by atoms with Crippen molar-refractivity contribution in [2.24, 2.45) is 0 Å². The Labute approximate surface area is 96.8 Å². The summed E-state index contributed by atoms with van der Waals surface area (Å²) >= 11 is 0. The van der Waals surface area contributed by atoms with Crippen LogP contribution in [0.3, 0.4) is 0 Å². The van der Waals surface area contributed by atoms with E-state index in [4.69, 9.17) is 0 Å². The van der Waals surface area contributed by atoms with Gasteiger partial charge in [0.2, 0.25) is 0 Å². The van der Waals surface area contributed by atoms with Crippen molar-refractivity contribution in [2.75, 3.05) is 13.1 Å². The molecule has 88 valence electrons. The summed E-state index contributed by atoms with van der Waals surface area (Å²) in [7, 11) is -3.16. The summed E-state index contributed by atoms with van der Waals surface area (Å²) in [5, 5.41) is 2.89. The number of sulfone groups is 1. The molecule has 2 rings (SSSR count). The van der Waals surface area contributed by atoms with E-state index >= 15 is 0 Å². The van der Waals surface area contributed by atoms with Gasteiger partial charge in [-0.1, -0.05) is 18.2 Å². The van der Waals surface area contributed by atoms with Gasteiger partial charge in [0.05, 0.1) is 10.1 Å². The molecule has 1 fully saturated rings. The molecule has 0 radical (unpaired) electrons. The smallest absolute Gasteiger partial charge is 0.182 e. The normalized spacial score (nSPS) is 21.9. The Bertz CT molecular complexity index is 462. The highest BCUT2D eigenvalue weighted by molar-refractivity contribution is 7.92. The van der Waals surface area contributed by atoms with Crippen molar-refractivity contribution in [3.8, 4) is 0 Å². The summed E-state index contributed by atoms with van der Waals surface area (Å²) in [6.45, 7) is 3.36. The molecule has 16 heavy (non-hydrogen) atoms. The van der Waals surface area contributed by atoms with E-state index in [1.54, 1.807) is 12.1 Å². The molecule has 3 nitrogen and oxygen atoms in total. The second-order valence-corrected chi connectivity index (χ2v) is 6.48. The molecule has 4 heteroatoms. The summed E-state index contributed by atoms with van der Waals surface area (Å²) in [6, 6.07) is 7.21. The van der Waals surface area contributed by atoms with E-state index in [1.807, 2.05) is 19.1 Å². The predicted octanol–water partition coefficient (Wildman–Crippen LogP) is 1.52. The standard InChI is InChI=1S/C12H17NO2S/c1-10-5-2-3-7-12(10)16(14,15)11-6-4-8-13-9-11/h2-3,5,7,11,13H,4,6,8-9H2,1H3. The molecule has 0 saturated carbocycles. The van der Waals surface area contributed by atoms with E-state index in [2.05, 4.69) is 5.32 Å². The molecule has 0 aliphatic carbocycles. The Kier molecular flexibility index (Phi) is 3.30. The van der Waals surface area contributed by atoms with Crippen LogP contribution in [0, 0.1) is 6.92 Å². The molecule has 0 aromatic heterocycles. The number of hydrogen-bond acceptors (Lipinski definition) is 3. The van der Waals surface area contributed by atoms with E-state index in [-0.39, 0.29) is 5.25 Å². The fourth-order valence-electron chi connectivity index (χ4n) is 2.14. The molecule has 1 aliphatic rings. The van der Waals surface area contributed by atoms with Crippen LogP contribution in [-0.2, 0) is 9.84 Å². The number of rotatable bonds is 2. The highest BCUT2D eigenvalue weighted by Gasteiger charge is 2.29. The summed E-state index contributed by atoms with van der Waals surface area (Å²) in [4.78, 5) is 0.490. The van der Waals surface area contributed by atoms with Gasteiger partial charge in [-0.25, -0.2) is 8.42 Å². The molecule has 1 unspecified atom stereocenters. The van der Waals surface area contributed by atoms with Crippen molar-refractivity contribution in [1.82, 2.24) is 5.32 Å². The third-order valence-corrected chi connectivity index (χ3v) is 5.44. The highest BCUT2D eigenvalue weighted by Crippen LogP contribution is 2.23. The highest BCUT2D eigenvalue weighted by atomic mass is 32.2. The molecule has 0 bridgehead atoms. The third-order valence-electron chi connectivity index (χ3n) is 3.09. The number of hydrogen-bond donors (Lipinski definition) is 1. The van der Waals surface area contributed by atoms with Crippen LogP contribution in [0.4, 0.5) is 0 Å². The van der Waals surface area contributed by atoms with Crippen LogP contribution in [-0.4, -0.2) is 26.8 Å². The maximum atomic E-state index is 12.4. The van der Waals surface area contributed by atoms with Gasteiger partial charge < -0.3 is 5.32 Å². The zero-order chi connectivity index (χ0) is 11.6. The molecule has 1 aliphatic heterocycles. The summed E-state index contributed by atoms with van der Waals surface area (Å²) < 4.78 is 24.7. The van der Waals surface area contributed by atoms with Gasteiger partial charge in [-0.3, -0.25) is 0 Å². The first-order valence-electron chi connectivity index (χ1n) is 5.62. The van der Waals surface area contributed by atoms with Gasteiger partial charge in [0, 0.05) is 6.54 Å². The van der Waals surface area contributed by atoms with Crippen molar-refractivity contribution in [3.63, 3.8) is 0 Å². The lowest BCUT2D eigenvalue weighted by atomic mass is 10.2. The number of nitrogens with one attached hydrogen (secondary N) is 1. The zero-order valence-electron chi connectivity index (χ0n) is 9.44. The molecular weight excluding hydrogens is 222 g/mol. The van der Waals surface area contributed by atoms with Crippen molar-refractivity contribution in [2.45, 2.75) is 29.9 Å². The van der Waals surface area contributed by atoms with Gasteiger partial charge >= 0.3 is 0 Å². The zero-order valence-corrected chi connectivity index (χ0v) is 10.3. The quantitative estimate of drug-likeness (QED) is 0.851. The molecule has 1 atom stereocenters. The topological polar surface area (TPSA) is 46.2 Å². The SMILES string of the molecule is Cc1ccccc1S(=O)(=O)C1CCCNC1. The predicted molar refractivity (Wildman–Crippen MR) is 64.3 cm³/mol. The van der Waals surface area contributed by atoms with Crippen LogP contribution in [0.25, 0.3) is 0 Å². The Morgan fingerprint density at radius 3 is 2.69 bits per heavy atom. The van der Waals surface area contributed by atoms with Crippen molar-refractivity contribution in [1.29, 1.82) is 0 Å². The van der Waals surface area contributed by atoms with E-state index in [0.29, 0.717) is 11.4 Å². The minimum Gasteiger partial charge on any atom is -0.315 e. The average Bonchev–Trinajstić information content (AvgIpc) is 2.30. The molecular formula is C12H17NO2S. The van der Waals surface area contributed by atoms with Crippen molar-refractivity contribution in [3.05, 3.63) is 29.8 Å². The van der Waals surface area contributed by atoms with Crippen LogP contribution < -0.4 is 5.32 Å². The van der Waals surface area contributed by atoms with E-state index < -0.39 is 9.84 Å². The van der Waals surface area contributed by atoms with Gasteiger partial charge in [-0.2, -0.15) is 0 Å². The van der Waals surface area contributed by atoms with Gasteiger partial charge in [0.1, 0.15) is 0 Å². The number of benzene rings is 1. The number of piperidine rings is 1. The van der Waals surface area contributed by atoms with Crippen LogP contribution in [0.1, 0.15) is 18.4 Å². The van der Waals surface area contributed by atoms with Crippen LogP contribution >= 0.6 is 0 Å². The lowest BCUT2D eigenvalue weighted by Gasteiger charge is -2.23. The fourth-order valence-corrected chi connectivity index (χ4v) is 4.10. The van der Waals surface area contributed by atoms with Gasteiger partial charge in [-0.15, -0.1) is 0 Å². The molecule has 0 spiro atoms. The molecule has 1 aromatic rings. The third kappa shape index (κ3) is 2.13. The second kappa shape index (κ2) is 4.55. The minimum atomic E-state index is -3.16. The monoisotopic (exact) mass is 239 g/mol. The number of aryl methyl sites for hydroxylation is 1. The van der Waals surface area contributed by atoms with Gasteiger partial charge in [0.25, 0.3) is 0 Å². The van der Waals surface area contributed by atoms with Gasteiger partial charge in [0.15, 0.2) is 9.84 Å². The Morgan fingerprint density at radius 2 is 2.06 bits per heavy atom. The van der Waals surface area contributed by atoms with E-state index in [0.717, 1.165) is 24.9 Å². The van der Waals surface area contributed by atoms with E-state index in [9.17, 15) is 8.42 Å². The lowest BCUT2D eigenvalue weighted by Crippen LogP contribution is -2.38. The average molecular weight is 239 g/mol. The summed E-state index contributed by atoms with van der Waals surface area (Å²) in [6.07, 6.45) is 1.71. The second-order valence-electron chi connectivity index (χ2n) is 4.28. The molecule has 1 aromatic carbocycles.